The molecule has 5 nitrogen and oxygen atoms in total. The van der Waals surface area contributed by atoms with Gasteiger partial charge in [-0.2, -0.15) is 0 Å². The van der Waals surface area contributed by atoms with Gasteiger partial charge in [-0.05, 0) is 18.6 Å². The number of amides is 1. The van der Waals surface area contributed by atoms with Crippen LogP contribution >= 0.6 is 0 Å². The molecule has 0 bridgehead atoms. The maximum Gasteiger partial charge on any atom is 0.327 e. The zero-order valence-electron chi connectivity index (χ0n) is 10.2. The molecule has 1 amide bonds. The van der Waals surface area contributed by atoms with E-state index in [1.165, 1.54) is 0 Å². The first-order chi connectivity index (χ1) is 8.60. The first-order valence-electron chi connectivity index (χ1n) is 5.72. The Morgan fingerprint density at radius 3 is 2.89 bits per heavy atom. The highest BCUT2D eigenvalue weighted by Crippen LogP contribution is 2.04. The largest absolute Gasteiger partial charge is 0.480 e. The van der Waals surface area contributed by atoms with E-state index < -0.39 is 17.9 Å². The second-order valence-electron chi connectivity index (χ2n) is 3.86. The highest BCUT2D eigenvalue weighted by atomic mass is 16.4. The number of nitrogens with zero attached hydrogens (tertiary/aromatic N) is 1. The smallest absolute Gasteiger partial charge is 0.327 e. The molecule has 1 atom stereocenters. The molecule has 1 rings (SSSR count). The van der Waals surface area contributed by atoms with Gasteiger partial charge in [0.2, 0.25) is 0 Å². The van der Waals surface area contributed by atoms with Crippen LogP contribution in [0.25, 0.3) is 0 Å². The Bertz CT molecular complexity index is 471. The topological polar surface area (TPSA) is 71.3 Å². The molecule has 0 aliphatic rings. The number of hydrogen-bond acceptors (Lipinski definition) is 2. The fraction of sp³-hybridized carbons (Fsp3) is 0.385. The van der Waals surface area contributed by atoms with Crippen molar-refractivity contribution in [1.82, 2.24) is 9.88 Å². The molecule has 0 saturated heterocycles. The second kappa shape index (κ2) is 6.50. The first kappa shape index (κ1) is 13.8. The monoisotopic (exact) mass is 248 g/mol. The Kier molecular flexibility index (Phi) is 5.00. The first-order valence-corrected chi connectivity index (χ1v) is 5.72. The van der Waals surface area contributed by atoms with Crippen LogP contribution in [0.15, 0.2) is 18.3 Å². The standard InChI is InChI=1S/C13H16N2O3/c1-3-6-10(13(17)18)14-12(16)11-7-5-9-15(11)8-4-2/h1,5,7,9-10H,4,6,8H2,2H3,(H,14,16)(H,17,18). The Morgan fingerprint density at radius 2 is 2.33 bits per heavy atom. The number of terminal acetylenes is 1. The van der Waals surface area contributed by atoms with Gasteiger partial charge in [-0.25, -0.2) is 4.79 Å². The maximum atomic E-state index is 11.9. The third kappa shape index (κ3) is 3.39. The van der Waals surface area contributed by atoms with E-state index >= 15 is 0 Å². The number of carbonyl (C=O) groups excluding carboxylic acids is 1. The third-order valence-corrected chi connectivity index (χ3v) is 2.45. The summed E-state index contributed by atoms with van der Waals surface area (Å²) in [5, 5.41) is 11.3. The Morgan fingerprint density at radius 1 is 1.61 bits per heavy atom. The fourth-order valence-corrected chi connectivity index (χ4v) is 1.61. The summed E-state index contributed by atoms with van der Waals surface area (Å²) in [6.07, 6.45) is 7.71. The Balaban J connectivity index is 2.77. The van der Waals surface area contributed by atoms with Crippen molar-refractivity contribution in [3.63, 3.8) is 0 Å². The number of nitrogens with one attached hydrogen (secondary N) is 1. The van der Waals surface area contributed by atoms with Crippen LogP contribution in [0.2, 0.25) is 0 Å². The van der Waals surface area contributed by atoms with Crippen molar-refractivity contribution in [3.05, 3.63) is 24.0 Å². The number of aromatic nitrogens is 1. The zero-order valence-corrected chi connectivity index (χ0v) is 10.2. The molecule has 1 unspecified atom stereocenters. The molecule has 96 valence electrons. The van der Waals surface area contributed by atoms with E-state index in [9.17, 15) is 9.59 Å². The van der Waals surface area contributed by atoms with Gasteiger partial charge in [0.15, 0.2) is 0 Å². The molecule has 18 heavy (non-hydrogen) atoms. The molecule has 0 aromatic carbocycles. The van der Waals surface area contributed by atoms with E-state index in [-0.39, 0.29) is 6.42 Å². The summed E-state index contributed by atoms with van der Waals surface area (Å²) >= 11 is 0. The van der Waals surface area contributed by atoms with Crippen LogP contribution in [0, 0.1) is 12.3 Å². The molecule has 0 spiro atoms. The van der Waals surface area contributed by atoms with Crippen LogP contribution in [0.1, 0.15) is 30.3 Å². The van der Waals surface area contributed by atoms with Crippen LogP contribution in [-0.2, 0) is 11.3 Å². The van der Waals surface area contributed by atoms with E-state index in [1.807, 2.05) is 6.92 Å². The predicted molar refractivity (Wildman–Crippen MR) is 67.1 cm³/mol. The molecule has 5 heteroatoms. The summed E-state index contributed by atoms with van der Waals surface area (Å²) in [7, 11) is 0. The number of aryl methyl sites for hydroxylation is 1. The van der Waals surface area contributed by atoms with Crippen molar-refractivity contribution in [2.75, 3.05) is 0 Å². The average Bonchev–Trinajstić information content (AvgIpc) is 2.77. The summed E-state index contributed by atoms with van der Waals surface area (Å²) in [6, 6.07) is 2.36. The number of aliphatic carboxylic acids is 1. The van der Waals surface area contributed by atoms with E-state index in [2.05, 4.69) is 11.2 Å². The van der Waals surface area contributed by atoms with Gasteiger partial charge < -0.3 is 15.0 Å². The lowest BCUT2D eigenvalue weighted by atomic mass is 10.2. The lowest BCUT2D eigenvalue weighted by Gasteiger charge is -2.13. The lowest BCUT2D eigenvalue weighted by Crippen LogP contribution is -2.41. The lowest BCUT2D eigenvalue weighted by molar-refractivity contribution is -0.139. The third-order valence-electron chi connectivity index (χ3n) is 2.45. The van der Waals surface area contributed by atoms with Gasteiger partial charge in [0.25, 0.3) is 5.91 Å². The summed E-state index contributed by atoms with van der Waals surface area (Å²) in [6.45, 7) is 2.71. The molecule has 0 radical (unpaired) electrons. The van der Waals surface area contributed by atoms with Crippen LogP contribution in [0.3, 0.4) is 0 Å². The number of carbonyl (C=O) groups is 2. The minimum atomic E-state index is -1.13. The molecular weight excluding hydrogens is 232 g/mol. The quantitative estimate of drug-likeness (QED) is 0.741. The molecule has 0 aliphatic heterocycles. The molecular formula is C13H16N2O3. The summed E-state index contributed by atoms with van der Waals surface area (Å²) < 4.78 is 1.78. The predicted octanol–water partition coefficient (Wildman–Crippen LogP) is 1.10. The number of carboxylic acids is 1. The normalized spacial score (nSPS) is 11.6. The summed E-state index contributed by atoms with van der Waals surface area (Å²) in [5.74, 6) is 0.687. The van der Waals surface area contributed by atoms with Crippen molar-refractivity contribution in [2.45, 2.75) is 32.4 Å². The van der Waals surface area contributed by atoms with Gasteiger partial charge in [0, 0.05) is 19.2 Å². The molecule has 0 fully saturated rings. The van der Waals surface area contributed by atoms with E-state index in [1.54, 1.807) is 22.9 Å². The van der Waals surface area contributed by atoms with E-state index in [0.717, 1.165) is 6.42 Å². The van der Waals surface area contributed by atoms with Crippen molar-refractivity contribution in [3.8, 4) is 12.3 Å². The van der Waals surface area contributed by atoms with E-state index in [0.29, 0.717) is 12.2 Å². The zero-order chi connectivity index (χ0) is 13.5. The van der Waals surface area contributed by atoms with Gasteiger partial charge in [0.05, 0.1) is 0 Å². The average molecular weight is 248 g/mol. The number of rotatable bonds is 6. The number of carboxylic acid groups (broad SMARTS) is 1. The van der Waals surface area contributed by atoms with Gasteiger partial charge in [-0.3, -0.25) is 4.79 Å². The molecule has 2 N–H and O–H groups in total. The molecule has 1 aromatic heterocycles. The van der Waals surface area contributed by atoms with Crippen molar-refractivity contribution < 1.29 is 14.7 Å². The summed E-state index contributed by atoms with van der Waals surface area (Å²) in [5.41, 5.74) is 0.445. The fourth-order valence-electron chi connectivity index (χ4n) is 1.61. The van der Waals surface area contributed by atoms with Crippen LogP contribution in [0.4, 0.5) is 0 Å². The van der Waals surface area contributed by atoms with Crippen molar-refractivity contribution in [1.29, 1.82) is 0 Å². The van der Waals surface area contributed by atoms with Gasteiger partial charge in [-0.15, -0.1) is 12.3 Å². The molecule has 0 saturated carbocycles. The number of hydrogen-bond donors (Lipinski definition) is 2. The Hall–Kier alpha value is -2.22. The molecule has 1 heterocycles. The molecule has 1 aromatic rings. The highest BCUT2D eigenvalue weighted by molar-refractivity contribution is 5.95. The van der Waals surface area contributed by atoms with Gasteiger partial charge in [0.1, 0.15) is 11.7 Å². The second-order valence-corrected chi connectivity index (χ2v) is 3.86. The highest BCUT2D eigenvalue weighted by Gasteiger charge is 2.20. The molecule has 0 aliphatic carbocycles. The van der Waals surface area contributed by atoms with E-state index in [4.69, 9.17) is 11.5 Å². The van der Waals surface area contributed by atoms with Crippen LogP contribution < -0.4 is 5.32 Å². The van der Waals surface area contributed by atoms with Crippen LogP contribution in [0.5, 0.6) is 0 Å². The van der Waals surface area contributed by atoms with Crippen LogP contribution in [-0.4, -0.2) is 27.6 Å². The van der Waals surface area contributed by atoms with Gasteiger partial charge >= 0.3 is 5.97 Å². The van der Waals surface area contributed by atoms with Gasteiger partial charge in [-0.1, -0.05) is 6.92 Å². The van der Waals surface area contributed by atoms with Crippen molar-refractivity contribution in [2.24, 2.45) is 0 Å². The maximum absolute atomic E-state index is 11.9. The SMILES string of the molecule is C#CCC(NC(=O)c1cccn1CCC)C(=O)O. The van der Waals surface area contributed by atoms with Crippen molar-refractivity contribution >= 4 is 11.9 Å². The Labute approximate surface area is 106 Å². The summed E-state index contributed by atoms with van der Waals surface area (Å²) in [4.78, 5) is 22.8. The minimum Gasteiger partial charge on any atom is -0.480 e. The minimum absolute atomic E-state index is 0.0322.